The number of hydrogen-bond acceptors (Lipinski definition) is 3. The minimum atomic E-state index is -0.526. The first kappa shape index (κ1) is 17.7. The molecular formula is C18H23ClN2O2. The lowest BCUT2D eigenvalue weighted by atomic mass is 9.87. The van der Waals surface area contributed by atoms with Crippen LogP contribution < -0.4 is 5.56 Å². The lowest BCUT2D eigenvalue weighted by molar-refractivity contribution is -0.126. The topological polar surface area (TPSA) is 52.0 Å². The van der Waals surface area contributed by atoms with Crippen molar-refractivity contribution in [2.24, 2.45) is 5.41 Å². The molecule has 0 spiro atoms. The van der Waals surface area contributed by atoms with Gasteiger partial charge in [0.1, 0.15) is 5.65 Å². The average molecular weight is 335 g/mol. The van der Waals surface area contributed by atoms with Gasteiger partial charge in [0.05, 0.1) is 11.6 Å². The van der Waals surface area contributed by atoms with Crippen molar-refractivity contribution in [3.8, 4) is 0 Å². The number of carbonyl (C=O) groups is 1. The van der Waals surface area contributed by atoms with Crippen molar-refractivity contribution in [1.82, 2.24) is 9.55 Å². The highest BCUT2D eigenvalue weighted by Crippen LogP contribution is 2.27. The summed E-state index contributed by atoms with van der Waals surface area (Å²) in [6, 6.07) is 3.49. The fourth-order valence-corrected chi connectivity index (χ4v) is 2.50. The Hall–Kier alpha value is -1.68. The molecule has 23 heavy (non-hydrogen) atoms. The van der Waals surface area contributed by atoms with Gasteiger partial charge in [0.2, 0.25) is 0 Å². The summed E-state index contributed by atoms with van der Waals surface area (Å²) in [7, 11) is 0. The number of fused-ring (bicyclic) bond motifs is 1. The SMILES string of the molecule is CC(C)(C)C(=O)Cn1c(=O)c(C(C)(C)C)cc2c(Cl)ccnc21. The molecule has 2 aromatic heterocycles. The van der Waals surface area contributed by atoms with Gasteiger partial charge in [0, 0.05) is 22.6 Å². The molecule has 0 unspecified atom stereocenters. The van der Waals surface area contributed by atoms with E-state index >= 15 is 0 Å². The van der Waals surface area contributed by atoms with E-state index in [-0.39, 0.29) is 23.3 Å². The molecule has 0 amide bonds. The summed E-state index contributed by atoms with van der Waals surface area (Å²) in [4.78, 5) is 29.7. The standard InChI is InChI=1S/C18H23ClN2O2/c1-17(2,3)12-9-11-13(19)7-8-20-15(11)21(16(12)23)10-14(22)18(4,5)6/h7-9H,10H2,1-6H3. The van der Waals surface area contributed by atoms with E-state index in [0.717, 1.165) is 0 Å². The molecule has 0 radical (unpaired) electrons. The second-order valence-corrected chi connectivity index (χ2v) is 8.31. The van der Waals surface area contributed by atoms with Gasteiger partial charge in [0.25, 0.3) is 5.56 Å². The third kappa shape index (κ3) is 3.47. The Labute approximate surface area is 141 Å². The zero-order chi connectivity index (χ0) is 17.6. The molecule has 0 aliphatic heterocycles. The number of pyridine rings is 2. The predicted molar refractivity (Wildman–Crippen MR) is 94.2 cm³/mol. The molecule has 2 aromatic rings. The van der Waals surface area contributed by atoms with E-state index in [9.17, 15) is 9.59 Å². The fourth-order valence-electron chi connectivity index (χ4n) is 2.30. The molecule has 0 aromatic carbocycles. The van der Waals surface area contributed by atoms with E-state index in [4.69, 9.17) is 11.6 Å². The largest absolute Gasteiger partial charge is 0.297 e. The van der Waals surface area contributed by atoms with Gasteiger partial charge in [-0.3, -0.25) is 14.2 Å². The van der Waals surface area contributed by atoms with Gasteiger partial charge >= 0.3 is 0 Å². The minimum absolute atomic E-state index is 0.00387. The first-order valence-corrected chi connectivity index (χ1v) is 8.02. The monoisotopic (exact) mass is 334 g/mol. The Balaban J connectivity index is 2.81. The van der Waals surface area contributed by atoms with Crippen LogP contribution in [0.25, 0.3) is 11.0 Å². The van der Waals surface area contributed by atoms with Crippen LogP contribution in [0.4, 0.5) is 0 Å². The van der Waals surface area contributed by atoms with Crippen LogP contribution in [0.2, 0.25) is 5.02 Å². The lowest BCUT2D eigenvalue weighted by Gasteiger charge is -2.23. The van der Waals surface area contributed by atoms with Crippen LogP contribution in [0.3, 0.4) is 0 Å². The third-order valence-corrected chi connectivity index (χ3v) is 4.21. The summed E-state index contributed by atoms with van der Waals surface area (Å²) in [6.07, 6.45) is 1.55. The van der Waals surface area contributed by atoms with Crippen LogP contribution in [-0.2, 0) is 16.8 Å². The molecule has 0 aliphatic carbocycles. The molecule has 5 heteroatoms. The number of aromatic nitrogens is 2. The Bertz CT molecular complexity index is 824. The summed E-state index contributed by atoms with van der Waals surface area (Å²) in [5.41, 5.74) is 0.0195. The molecule has 0 saturated carbocycles. The summed E-state index contributed by atoms with van der Waals surface area (Å²) in [5, 5.41) is 1.22. The number of rotatable bonds is 2. The second-order valence-electron chi connectivity index (χ2n) is 7.90. The van der Waals surface area contributed by atoms with Crippen molar-refractivity contribution >= 4 is 28.4 Å². The lowest BCUT2D eigenvalue weighted by Crippen LogP contribution is -2.35. The van der Waals surface area contributed by atoms with Gasteiger partial charge in [-0.1, -0.05) is 53.1 Å². The molecule has 0 fully saturated rings. The molecule has 2 rings (SSSR count). The molecule has 0 atom stereocenters. The van der Waals surface area contributed by atoms with Crippen molar-refractivity contribution in [1.29, 1.82) is 0 Å². The number of Topliss-reactive ketones (excluding diaryl/α,β-unsaturated/α-hetero) is 1. The number of hydrogen-bond donors (Lipinski definition) is 0. The average Bonchev–Trinajstić information content (AvgIpc) is 2.39. The number of halogens is 1. The highest BCUT2D eigenvalue weighted by Gasteiger charge is 2.26. The molecule has 0 bridgehead atoms. The van der Waals surface area contributed by atoms with Gasteiger partial charge in [-0.2, -0.15) is 0 Å². The van der Waals surface area contributed by atoms with E-state index in [1.54, 1.807) is 18.3 Å². The van der Waals surface area contributed by atoms with Crippen molar-refractivity contribution < 1.29 is 4.79 Å². The molecule has 0 N–H and O–H groups in total. The quantitative estimate of drug-likeness (QED) is 0.835. The summed E-state index contributed by atoms with van der Waals surface area (Å²) in [5.74, 6) is -0.0197. The minimum Gasteiger partial charge on any atom is -0.297 e. The molecule has 0 aliphatic rings. The van der Waals surface area contributed by atoms with Crippen LogP contribution in [-0.4, -0.2) is 15.3 Å². The smallest absolute Gasteiger partial charge is 0.256 e. The van der Waals surface area contributed by atoms with Crippen LogP contribution in [0.15, 0.2) is 23.1 Å². The van der Waals surface area contributed by atoms with Gasteiger partial charge in [0.15, 0.2) is 5.78 Å². The normalized spacial score (nSPS) is 12.7. The van der Waals surface area contributed by atoms with Gasteiger partial charge in [-0.15, -0.1) is 0 Å². The second kappa shape index (κ2) is 5.75. The molecule has 4 nitrogen and oxygen atoms in total. The first-order chi connectivity index (χ1) is 10.4. The molecular weight excluding hydrogens is 312 g/mol. The Kier molecular flexibility index (Phi) is 4.42. The van der Waals surface area contributed by atoms with E-state index in [0.29, 0.717) is 21.6 Å². The van der Waals surface area contributed by atoms with Crippen LogP contribution in [0.1, 0.15) is 47.1 Å². The van der Waals surface area contributed by atoms with E-state index < -0.39 is 5.41 Å². The van der Waals surface area contributed by atoms with Crippen molar-refractivity contribution in [2.75, 3.05) is 0 Å². The maximum Gasteiger partial charge on any atom is 0.256 e. The summed E-state index contributed by atoms with van der Waals surface area (Å²) >= 11 is 6.29. The predicted octanol–water partition coefficient (Wildman–Crippen LogP) is 3.96. The van der Waals surface area contributed by atoms with Gasteiger partial charge in [-0.05, 0) is 17.5 Å². The Morgan fingerprint density at radius 2 is 1.83 bits per heavy atom. The van der Waals surface area contributed by atoms with Crippen molar-refractivity contribution in [3.05, 3.63) is 39.3 Å². The summed E-state index contributed by atoms with van der Waals surface area (Å²) < 4.78 is 1.45. The molecule has 124 valence electrons. The van der Waals surface area contributed by atoms with E-state index in [1.165, 1.54) is 4.57 Å². The molecule has 2 heterocycles. The maximum atomic E-state index is 12.9. The summed E-state index contributed by atoms with van der Waals surface area (Å²) in [6.45, 7) is 11.4. The highest BCUT2D eigenvalue weighted by molar-refractivity contribution is 6.35. The van der Waals surface area contributed by atoms with Gasteiger partial charge < -0.3 is 0 Å². The zero-order valence-electron chi connectivity index (χ0n) is 14.5. The fraction of sp³-hybridized carbons (Fsp3) is 0.500. The van der Waals surface area contributed by atoms with Crippen LogP contribution >= 0.6 is 11.6 Å². The van der Waals surface area contributed by atoms with Crippen molar-refractivity contribution in [3.63, 3.8) is 0 Å². The molecule has 0 saturated heterocycles. The van der Waals surface area contributed by atoms with Crippen LogP contribution in [0, 0.1) is 5.41 Å². The Morgan fingerprint density at radius 3 is 2.35 bits per heavy atom. The highest BCUT2D eigenvalue weighted by atomic mass is 35.5. The Morgan fingerprint density at radius 1 is 1.22 bits per heavy atom. The number of carbonyl (C=O) groups excluding carboxylic acids is 1. The third-order valence-electron chi connectivity index (χ3n) is 3.88. The van der Waals surface area contributed by atoms with Crippen LogP contribution in [0.5, 0.6) is 0 Å². The van der Waals surface area contributed by atoms with E-state index in [1.807, 2.05) is 41.5 Å². The van der Waals surface area contributed by atoms with Gasteiger partial charge in [-0.25, -0.2) is 4.98 Å². The maximum absolute atomic E-state index is 12.9. The first-order valence-electron chi connectivity index (χ1n) is 7.65. The zero-order valence-corrected chi connectivity index (χ0v) is 15.3. The number of ketones is 1. The number of nitrogens with zero attached hydrogens (tertiary/aromatic N) is 2. The van der Waals surface area contributed by atoms with Crippen molar-refractivity contribution in [2.45, 2.75) is 53.5 Å². The van der Waals surface area contributed by atoms with E-state index in [2.05, 4.69) is 4.98 Å².